The maximum Gasteiger partial charge on any atom is 0.331 e. The summed E-state index contributed by atoms with van der Waals surface area (Å²) in [5.74, 6) is 0. The number of unbranched alkanes of at least 4 members (excludes halogenated alkanes) is 4. The van der Waals surface area contributed by atoms with Crippen molar-refractivity contribution >= 4 is 11.0 Å². The van der Waals surface area contributed by atoms with Crippen molar-refractivity contribution in [3.05, 3.63) is 32.9 Å². The molecule has 0 radical (unpaired) electrons. The van der Waals surface area contributed by atoms with Crippen LogP contribution in [0.25, 0.3) is 11.0 Å². The lowest BCUT2D eigenvalue weighted by molar-refractivity contribution is 0.516. The lowest BCUT2D eigenvalue weighted by atomic mass is 10.2. The van der Waals surface area contributed by atoms with Crippen molar-refractivity contribution in [1.82, 2.24) is 19.1 Å². The molecular formula is C17H26N4O2. The standard InChI is InChI=1S/C17H26N4O2/c1-4-6-8-10-20-15-13(3)18-12-19-14(15)16(22)21(17(20)23)11-9-7-5-2/h12H,4-11H2,1-3H3. The average molecular weight is 318 g/mol. The van der Waals surface area contributed by atoms with Gasteiger partial charge in [-0.25, -0.2) is 14.8 Å². The van der Waals surface area contributed by atoms with E-state index in [0.29, 0.717) is 29.8 Å². The number of hydrogen-bond donors (Lipinski definition) is 0. The van der Waals surface area contributed by atoms with Crippen LogP contribution in [0.5, 0.6) is 0 Å². The quantitative estimate of drug-likeness (QED) is 0.702. The molecule has 0 fully saturated rings. The second-order valence-corrected chi connectivity index (χ2v) is 5.96. The predicted octanol–water partition coefficient (Wildman–Crippen LogP) is 2.64. The molecule has 2 heterocycles. The van der Waals surface area contributed by atoms with Gasteiger partial charge in [0.1, 0.15) is 6.33 Å². The van der Waals surface area contributed by atoms with Crippen molar-refractivity contribution in [3.8, 4) is 0 Å². The highest BCUT2D eigenvalue weighted by Crippen LogP contribution is 2.10. The fourth-order valence-electron chi connectivity index (χ4n) is 2.85. The first-order valence-corrected chi connectivity index (χ1v) is 8.56. The minimum atomic E-state index is -0.293. The van der Waals surface area contributed by atoms with Gasteiger partial charge in [-0.05, 0) is 19.8 Å². The van der Waals surface area contributed by atoms with Gasteiger partial charge < -0.3 is 0 Å². The fourth-order valence-corrected chi connectivity index (χ4v) is 2.85. The highest BCUT2D eigenvalue weighted by molar-refractivity contribution is 5.75. The third-order valence-electron chi connectivity index (χ3n) is 4.16. The smallest absolute Gasteiger partial charge is 0.290 e. The maximum atomic E-state index is 12.8. The molecule has 23 heavy (non-hydrogen) atoms. The highest BCUT2D eigenvalue weighted by atomic mass is 16.2. The summed E-state index contributed by atoms with van der Waals surface area (Å²) in [6.07, 6.45) is 7.32. The molecular weight excluding hydrogens is 292 g/mol. The fraction of sp³-hybridized carbons (Fsp3) is 0.647. The molecule has 6 heteroatoms. The van der Waals surface area contributed by atoms with Crippen LogP contribution in [0.4, 0.5) is 0 Å². The van der Waals surface area contributed by atoms with Gasteiger partial charge in [-0.15, -0.1) is 0 Å². The summed E-state index contributed by atoms with van der Waals surface area (Å²) < 4.78 is 3.03. The Bertz CT molecular complexity index is 776. The Labute approximate surface area is 136 Å². The van der Waals surface area contributed by atoms with E-state index in [0.717, 1.165) is 38.5 Å². The van der Waals surface area contributed by atoms with E-state index in [9.17, 15) is 9.59 Å². The Balaban J connectivity index is 2.59. The van der Waals surface area contributed by atoms with Crippen molar-refractivity contribution in [2.75, 3.05) is 0 Å². The van der Waals surface area contributed by atoms with Gasteiger partial charge >= 0.3 is 5.69 Å². The SMILES string of the molecule is CCCCCn1c(=O)c2ncnc(C)c2n(CCCCC)c1=O. The summed E-state index contributed by atoms with van der Waals surface area (Å²) in [5.41, 5.74) is 1.10. The van der Waals surface area contributed by atoms with Crippen LogP contribution in [0, 0.1) is 6.92 Å². The molecule has 0 aliphatic carbocycles. The molecule has 0 amide bonds. The molecule has 0 N–H and O–H groups in total. The van der Waals surface area contributed by atoms with Gasteiger partial charge in [-0.1, -0.05) is 39.5 Å². The first-order chi connectivity index (χ1) is 11.1. The van der Waals surface area contributed by atoms with Crippen molar-refractivity contribution in [2.45, 2.75) is 72.4 Å². The average Bonchev–Trinajstić information content (AvgIpc) is 2.54. The number of aromatic nitrogens is 4. The molecule has 0 saturated carbocycles. The van der Waals surface area contributed by atoms with Gasteiger partial charge in [-0.3, -0.25) is 13.9 Å². The summed E-state index contributed by atoms with van der Waals surface area (Å²) in [5, 5.41) is 0. The second-order valence-electron chi connectivity index (χ2n) is 5.96. The van der Waals surface area contributed by atoms with E-state index in [4.69, 9.17) is 0 Å². The maximum absolute atomic E-state index is 12.8. The molecule has 6 nitrogen and oxygen atoms in total. The Morgan fingerprint density at radius 1 is 0.913 bits per heavy atom. The van der Waals surface area contributed by atoms with Crippen LogP contribution in [0.3, 0.4) is 0 Å². The summed E-state index contributed by atoms with van der Waals surface area (Å²) in [6.45, 7) is 7.11. The van der Waals surface area contributed by atoms with Crippen LogP contribution >= 0.6 is 0 Å². The van der Waals surface area contributed by atoms with Gasteiger partial charge in [0, 0.05) is 13.1 Å². The summed E-state index contributed by atoms with van der Waals surface area (Å²) in [7, 11) is 0. The molecule has 0 aromatic carbocycles. The number of nitrogens with zero attached hydrogens (tertiary/aromatic N) is 4. The Kier molecular flexibility index (Phi) is 6.07. The molecule has 2 aromatic rings. The van der Waals surface area contributed by atoms with Crippen LogP contribution in [0.15, 0.2) is 15.9 Å². The van der Waals surface area contributed by atoms with E-state index in [2.05, 4.69) is 23.8 Å². The molecule has 0 saturated heterocycles. The molecule has 0 spiro atoms. The minimum Gasteiger partial charge on any atom is -0.290 e. The second kappa shape index (κ2) is 8.04. The zero-order valence-corrected chi connectivity index (χ0v) is 14.3. The topological polar surface area (TPSA) is 69.8 Å². The lowest BCUT2D eigenvalue weighted by Crippen LogP contribution is -2.41. The van der Waals surface area contributed by atoms with Gasteiger partial charge in [0.15, 0.2) is 5.52 Å². The number of fused-ring (bicyclic) bond motifs is 1. The monoisotopic (exact) mass is 318 g/mol. The highest BCUT2D eigenvalue weighted by Gasteiger charge is 2.15. The van der Waals surface area contributed by atoms with Crippen molar-refractivity contribution in [3.63, 3.8) is 0 Å². The van der Waals surface area contributed by atoms with Crippen molar-refractivity contribution in [1.29, 1.82) is 0 Å². The third-order valence-corrected chi connectivity index (χ3v) is 4.16. The number of aryl methyl sites for hydroxylation is 2. The Morgan fingerprint density at radius 3 is 2.13 bits per heavy atom. The lowest BCUT2D eigenvalue weighted by Gasteiger charge is -2.14. The minimum absolute atomic E-state index is 0.229. The van der Waals surface area contributed by atoms with E-state index in [1.54, 1.807) is 4.57 Å². The van der Waals surface area contributed by atoms with Gasteiger partial charge in [0.2, 0.25) is 0 Å². The Hall–Kier alpha value is -1.98. The van der Waals surface area contributed by atoms with Crippen molar-refractivity contribution < 1.29 is 0 Å². The van der Waals surface area contributed by atoms with Crippen LogP contribution in [-0.4, -0.2) is 19.1 Å². The molecule has 0 unspecified atom stereocenters. The summed E-state index contributed by atoms with van der Waals surface area (Å²) in [6, 6.07) is 0. The van der Waals surface area contributed by atoms with Gasteiger partial charge in [0.25, 0.3) is 5.56 Å². The number of rotatable bonds is 8. The van der Waals surface area contributed by atoms with E-state index in [-0.39, 0.29) is 11.2 Å². The zero-order valence-electron chi connectivity index (χ0n) is 14.3. The zero-order chi connectivity index (χ0) is 16.8. The molecule has 2 aromatic heterocycles. The molecule has 0 aliphatic heterocycles. The molecule has 0 bridgehead atoms. The van der Waals surface area contributed by atoms with Gasteiger partial charge in [-0.2, -0.15) is 0 Å². The summed E-state index contributed by atoms with van der Waals surface area (Å²) >= 11 is 0. The molecule has 0 atom stereocenters. The third kappa shape index (κ3) is 3.68. The van der Waals surface area contributed by atoms with Crippen LogP contribution in [0.1, 0.15) is 58.1 Å². The molecule has 2 rings (SSSR count). The van der Waals surface area contributed by atoms with Crippen LogP contribution in [0.2, 0.25) is 0 Å². The van der Waals surface area contributed by atoms with Crippen LogP contribution in [-0.2, 0) is 13.1 Å². The van der Waals surface area contributed by atoms with E-state index >= 15 is 0 Å². The Morgan fingerprint density at radius 2 is 1.52 bits per heavy atom. The van der Waals surface area contributed by atoms with Crippen LogP contribution < -0.4 is 11.2 Å². The first kappa shape index (κ1) is 17.4. The van der Waals surface area contributed by atoms with Gasteiger partial charge in [0.05, 0.1) is 11.2 Å². The largest absolute Gasteiger partial charge is 0.331 e. The van der Waals surface area contributed by atoms with Crippen molar-refractivity contribution in [2.24, 2.45) is 0 Å². The summed E-state index contributed by atoms with van der Waals surface area (Å²) in [4.78, 5) is 33.8. The number of hydrogen-bond acceptors (Lipinski definition) is 4. The molecule has 126 valence electrons. The molecule has 0 aliphatic rings. The van der Waals surface area contributed by atoms with E-state index in [1.165, 1.54) is 10.9 Å². The van der Waals surface area contributed by atoms with E-state index < -0.39 is 0 Å². The van der Waals surface area contributed by atoms with E-state index in [1.807, 2.05) is 6.92 Å². The normalized spacial score (nSPS) is 11.3. The predicted molar refractivity (Wildman–Crippen MR) is 91.8 cm³/mol. The first-order valence-electron chi connectivity index (χ1n) is 8.56.